The monoisotopic (exact) mass is 279 g/mol. The molecule has 0 saturated heterocycles. The molecule has 1 aliphatic rings. The predicted molar refractivity (Wildman–Crippen MR) is 87.3 cm³/mol. The summed E-state index contributed by atoms with van der Waals surface area (Å²) >= 11 is 0. The Balaban J connectivity index is 1.58. The smallest absolute Gasteiger partial charge is 0.119 e. The molecule has 109 valence electrons. The fraction of sp³-hybridized carbons (Fsp3) is 0.350. The first-order valence-corrected chi connectivity index (χ1v) is 8.04. The predicted octanol–water partition coefficient (Wildman–Crippen LogP) is 5.54. The van der Waals surface area contributed by atoms with E-state index in [1.807, 2.05) is 18.2 Å². The van der Waals surface area contributed by atoms with Gasteiger partial charge in [0.25, 0.3) is 0 Å². The molecule has 0 heterocycles. The molecule has 21 heavy (non-hydrogen) atoms. The molecule has 1 radical (unpaired) electrons. The van der Waals surface area contributed by atoms with Crippen LogP contribution in [0.4, 0.5) is 0 Å². The van der Waals surface area contributed by atoms with Gasteiger partial charge in [-0.25, -0.2) is 0 Å². The van der Waals surface area contributed by atoms with Crippen LogP contribution in [0, 0.1) is 5.92 Å². The number of hydrogen-bond acceptors (Lipinski definition) is 1. The minimum absolute atomic E-state index is 0.636. The summed E-state index contributed by atoms with van der Waals surface area (Å²) in [7, 11) is 0. The molecular formula is C20H23O. The molecule has 2 aromatic carbocycles. The summed E-state index contributed by atoms with van der Waals surface area (Å²) in [5, 5.41) is 0. The Bertz CT molecular complexity index is 522. The van der Waals surface area contributed by atoms with Crippen molar-refractivity contribution in [3.63, 3.8) is 0 Å². The van der Waals surface area contributed by atoms with Gasteiger partial charge in [-0.3, -0.25) is 0 Å². The molecule has 0 spiro atoms. The highest BCUT2D eigenvalue weighted by Crippen LogP contribution is 2.31. The van der Waals surface area contributed by atoms with E-state index in [0.29, 0.717) is 6.61 Å². The minimum atomic E-state index is 0.636. The van der Waals surface area contributed by atoms with Gasteiger partial charge in [-0.15, -0.1) is 0 Å². The van der Waals surface area contributed by atoms with Gasteiger partial charge in [0, 0.05) is 5.92 Å². The van der Waals surface area contributed by atoms with E-state index >= 15 is 0 Å². The van der Waals surface area contributed by atoms with Crippen LogP contribution < -0.4 is 4.74 Å². The normalized spacial score (nSPS) is 16.4. The first kappa shape index (κ1) is 14.2. The summed E-state index contributed by atoms with van der Waals surface area (Å²) in [5.41, 5.74) is 2.61. The van der Waals surface area contributed by atoms with E-state index in [1.165, 1.54) is 49.7 Å². The van der Waals surface area contributed by atoms with E-state index in [0.717, 1.165) is 5.75 Å². The quantitative estimate of drug-likeness (QED) is 0.667. The van der Waals surface area contributed by atoms with Crippen molar-refractivity contribution >= 4 is 0 Å². The van der Waals surface area contributed by atoms with Gasteiger partial charge in [0.05, 0.1) is 0 Å². The number of rotatable bonds is 4. The van der Waals surface area contributed by atoms with Crippen molar-refractivity contribution in [2.24, 2.45) is 0 Å². The molecule has 1 saturated carbocycles. The standard InChI is InChI=1S/C20H23O/c1-2-7-11-18(10-6-1)19-12-14-20(15-13-19)21-16-17-8-4-3-5-9-17/h3-5,8-9,12-15H,1-2,6-7,10-11,16H2. The number of benzene rings is 2. The van der Waals surface area contributed by atoms with E-state index in [2.05, 4.69) is 36.4 Å². The lowest BCUT2D eigenvalue weighted by Gasteiger charge is -2.14. The molecular weight excluding hydrogens is 256 g/mol. The Kier molecular flexibility index (Phi) is 4.94. The van der Waals surface area contributed by atoms with Gasteiger partial charge in [-0.2, -0.15) is 0 Å². The van der Waals surface area contributed by atoms with E-state index in [1.54, 1.807) is 5.92 Å². The second kappa shape index (κ2) is 7.31. The van der Waals surface area contributed by atoms with Gasteiger partial charge in [0.15, 0.2) is 0 Å². The molecule has 0 amide bonds. The maximum absolute atomic E-state index is 5.85. The molecule has 0 aromatic heterocycles. The van der Waals surface area contributed by atoms with Gasteiger partial charge in [0.1, 0.15) is 12.4 Å². The summed E-state index contributed by atoms with van der Waals surface area (Å²) in [6.07, 6.45) is 8.02. The van der Waals surface area contributed by atoms with E-state index in [9.17, 15) is 0 Å². The lowest BCUT2D eigenvalue weighted by molar-refractivity contribution is 0.306. The molecule has 0 N–H and O–H groups in total. The first-order valence-electron chi connectivity index (χ1n) is 8.04. The van der Waals surface area contributed by atoms with Crippen LogP contribution in [0.3, 0.4) is 0 Å². The Labute approximate surface area is 128 Å². The second-order valence-corrected chi connectivity index (χ2v) is 5.82. The van der Waals surface area contributed by atoms with Crippen molar-refractivity contribution in [1.29, 1.82) is 0 Å². The van der Waals surface area contributed by atoms with Crippen molar-refractivity contribution in [2.75, 3.05) is 0 Å². The van der Waals surface area contributed by atoms with Crippen LogP contribution in [0.15, 0.2) is 54.6 Å². The highest BCUT2D eigenvalue weighted by Gasteiger charge is 2.14. The molecule has 0 unspecified atom stereocenters. The molecule has 1 fully saturated rings. The summed E-state index contributed by atoms with van der Waals surface area (Å²) < 4.78 is 5.85. The van der Waals surface area contributed by atoms with Gasteiger partial charge < -0.3 is 4.74 Å². The Morgan fingerprint density at radius 1 is 0.714 bits per heavy atom. The highest BCUT2D eigenvalue weighted by molar-refractivity contribution is 5.36. The van der Waals surface area contributed by atoms with Crippen LogP contribution in [0.5, 0.6) is 5.75 Å². The largest absolute Gasteiger partial charge is 0.489 e. The fourth-order valence-electron chi connectivity index (χ4n) is 2.97. The third-order valence-electron chi connectivity index (χ3n) is 4.22. The molecule has 0 aliphatic heterocycles. The van der Waals surface area contributed by atoms with E-state index in [4.69, 9.17) is 4.74 Å². The zero-order valence-corrected chi connectivity index (χ0v) is 12.6. The number of ether oxygens (including phenoxy) is 1. The molecule has 1 heteroatoms. The van der Waals surface area contributed by atoms with E-state index in [-0.39, 0.29) is 0 Å². The minimum Gasteiger partial charge on any atom is -0.489 e. The maximum Gasteiger partial charge on any atom is 0.119 e. The molecule has 0 atom stereocenters. The number of hydrogen-bond donors (Lipinski definition) is 0. The van der Waals surface area contributed by atoms with Crippen molar-refractivity contribution in [2.45, 2.75) is 45.1 Å². The van der Waals surface area contributed by atoms with Crippen molar-refractivity contribution in [1.82, 2.24) is 0 Å². The topological polar surface area (TPSA) is 9.23 Å². The second-order valence-electron chi connectivity index (χ2n) is 5.82. The molecule has 3 rings (SSSR count). The Morgan fingerprint density at radius 2 is 1.38 bits per heavy atom. The maximum atomic E-state index is 5.85. The van der Waals surface area contributed by atoms with Gasteiger partial charge in [-0.05, 0) is 36.1 Å². The third-order valence-corrected chi connectivity index (χ3v) is 4.22. The zero-order valence-electron chi connectivity index (χ0n) is 12.6. The lowest BCUT2D eigenvalue weighted by atomic mass is 9.92. The summed E-state index contributed by atoms with van der Waals surface area (Å²) in [6.45, 7) is 0.636. The van der Waals surface area contributed by atoms with Crippen molar-refractivity contribution < 1.29 is 4.74 Å². The first-order chi connectivity index (χ1) is 10.4. The zero-order chi connectivity index (χ0) is 14.3. The Morgan fingerprint density at radius 3 is 2.05 bits per heavy atom. The van der Waals surface area contributed by atoms with Crippen molar-refractivity contribution in [3.05, 3.63) is 71.6 Å². The van der Waals surface area contributed by atoms with Gasteiger partial charge >= 0.3 is 0 Å². The summed E-state index contributed by atoms with van der Waals surface area (Å²) in [6, 6.07) is 19.0. The summed E-state index contributed by atoms with van der Waals surface area (Å²) in [5.74, 6) is 2.58. The van der Waals surface area contributed by atoms with Crippen LogP contribution in [-0.2, 0) is 6.61 Å². The van der Waals surface area contributed by atoms with E-state index < -0.39 is 0 Å². The average molecular weight is 279 g/mol. The van der Waals surface area contributed by atoms with Crippen LogP contribution in [0.1, 0.15) is 49.7 Å². The highest BCUT2D eigenvalue weighted by atomic mass is 16.5. The lowest BCUT2D eigenvalue weighted by Crippen LogP contribution is -1.99. The fourth-order valence-corrected chi connectivity index (χ4v) is 2.97. The van der Waals surface area contributed by atoms with Crippen molar-refractivity contribution in [3.8, 4) is 5.75 Å². The molecule has 0 bridgehead atoms. The van der Waals surface area contributed by atoms with Gasteiger partial charge in [0.2, 0.25) is 0 Å². The molecule has 1 aliphatic carbocycles. The Hall–Kier alpha value is -1.76. The van der Waals surface area contributed by atoms with Gasteiger partial charge in [-0.1, -0.05) is 68.1 Å². The third kappa shape index (κ3) is 4.10. The molecule has 2 aromatic rings. The average Bonchev–Trinajstić information content (AvgIpc) is 2.84. The van der Waals surface area contributed by atoms with Crippen LogP contribution in [0.2, 0.25) is 0 Å². The molecule has 1 nitrogen and oxygen atoms in total. The van der Waals surface area contributed by atoms with Crippen LogP contribution in [-0.4, -0.2) is 0 Å². The van der Waals surface area contributed by atoms with Crippen LogP contribution >= 0.6 is 0 Å². The summed E-state index contributed by atoms with van der Waals surface area (Å²) in [4.78, 5) is 0. The van der Waals surface area contributed by atoms with Crippen LogP contribution in [0.25, 0.3) is 0 Å². The SMILES string of the molecule is c1ccc(COc2ccc([C]3CCCCCC3)cc2)cc1.